The molecule has 0 saturated heterocycles. The second-order valence-electron chi connectivity index (χ2n) is 4.23. The Kier molecular flexibility index (Phi) is 4.39. The summed E-state index contributed by atoms with van der Waals surface area (Å²) < 4.78 is 1.72. The Morgan fingerprint density at radius 3 is 2.76 bits per heavy atom. The van der Waals surface area contributed by atoms with Crippen LogP contribution in [-0.2, 0) is 6.54 Å². The molecule has 0 fully saturated rings. The number of anilines is 1. The van der Waals surface area contributed by atoms with Crippen LogP contribution >= 0.6 is 0 Å². The summed E-state index contributed by atoms with van der Waals surface area (Å²) in [5.74, 6) is 0.567. The van der Waals surface area contributed by atoms with Crippen LogP contribution < -0.4 is 16.8 Å². The first kappa shape index (κ1) is 14.4. The molecule has 0 aliphatic heterocycles. The average Bonchev–Trinajstić information content (AvgIpc) is 2.83. The Morgan fingerprint density at radius 1 is 1.33 bits per heavy atom. The minimum absolute atomic E-state index is 0.0221. The molecule has 1 aromatic carbocycles. The number of nitro groups is 1. The number of nitro benzene ring substituents is 1. The van der Waals surface area contributed by atoms with Gasteiger partial charge in [0.2, 0.25) is 0 Å². The van der Waals surface area contributed by atoms with Gasteiger partial charge in [-0.2, -0.15) is 5.10 Å². The summed E-state index contributed by atoms with van der Waals surface area (Å²) >= 11 is 0. The number of nitrogens with one attached hydrogen (secondary N) is 1. The first-order valence-corrected chi connectivity index (χ1v) is 6.29. The molecule has 1 aromatic heterocycles. The first-order valence-electron chi connectivity index (χ1n) is 6.29. The van der Waals surface area contributed by atoms with Gasteiger partial charge in [-0.3, -0.25) is 14.8 Å². The van der Waals surface area contributed by atoms with Gasteiger partial charge in [-0.05, 0) is 30.6 Å². The fourth-order valence-corrected chi connectivity index (χ4v) is 1.93. The third-order valence-electron chi connectivity index (χ3n) is 2.88. The quantitative estimate of drug-likeness (QED) is 0.543. The molecule has 0 unspecified atom stereocenters. The molecule has 1 heterocycles. The molecule has 110 valence electrons. The van der Waals surface area contributed by atoms with E-state index >= 15 is 0 Å². The van der Waals surface area contributed by atoms with Crippen molar-refractivity contribution in [2.75, 3.05) is 11.9 Å². The number of nitrogens with two attached hydrogens (primary N) is 2. The van der Waals surface area contributed by atoms with E-state index < -0.39 is 4.92 Å². The number of hydrogen-bond acceptors (Lipinski definition) is 6. The molecular formula is C13H16N6O2. The minimum Gasteiger partial charge on any atom is -0.405 e. The molecule has 2 aromatic rings. The lowest BCUT2D eigenvalue weighted by Gasteiger charge is -1.98. The van der Waals surface area contributed by atoms with E-state index in [9.17, 15) is 10.1 Å². The summed E-state index contributed by atoms with van der Waals surface area (Å²) in [6.45, 7) is 0.969. The van der Waals surface area contributed by atoms with E-state index in [1.165, 1.54) is 24.5 Å². The van der Waals surface area contributed by atoms with Crippen LogP contribution in [0.1, 0.15) is 0 Å². The van der Waals surface area contributed by atoms with Crippen LogP contribution in [0.5, 0.6) is 0 Å². The van der Waals surface area contributed by atoms with Crippen LogP contribution in [0, 0.1) is 10.1 Å². The zero-order chi connectivity index (χ0) is 15.2. The lowest BCUT2D eigenvalue weighted by atomic mass is 10.2. The molecule has 0 aliphatic rings. The van der Waals surface area contributed by atoms with Crippen molar-refractivity contribution in [1.82, 2.24) is 9.78 Å². The number of non-ortho nitro benzene ring substituents is 1. The maximum atomic E-state index is 10.9. The van der Waals surface area contributed by atoms with Crippen molar-refractivity contribution in [2.45, 2.75) is 6.54 Å². The van der Waals surface area contributed by atoms with E-state index in [-0.39, 0.29) is 5.69 Å². The van der Waals surface area contributed by atoms with Crippen molar-refractivity contribution >= 4 is 22.4 Å². The normalized spacial score (nSPS) is 11.6. The number of fused-ring (bicyclic) bond motifs is 1. The van der Waals surface area contributed by atoms with Gasteiger partial charge in [-0.15, -0.1) is 0 Å². The van der Waals surface area contributed by atoms with Crippen molar-refractivity contribution in [1.29, 1.82) is 0 Å². The highest BCUT2D eigenvalue weighted by molar-refractivity contribution is 5.92. The topological polar surface area (TPSA) is 125 Å². The van der Waals surface area contributed by atoms with Crippen LogP contribution in [0.25, 0.3) is 10.9 Å². The maximum absolute atomic E-state index is 10.9. The van der Waals surface area contributed by atoms with E-state index in [4.69, 9.17) is 11.5 Å². The number of aromatic nitrogens is 2. The monoisotopic (exact) mass is 288 g/mol. The zero-order valence-corrected chi connectivity index (χ0v) is 11.3. The Labute approximate surface area is 120 Å². The summed E-state index contributed by atoms with van der Waals surface area (Å²) in [6.07, 6.45) is 6.33. The molecular weight excluding hydrogens is 272 g/mol. The Balaban J connectivity index is 2.47. The van der Waals surface area contributed by atoms with Crippen molar-refractivity contribution in [3.05, 3.63) is 52.9 Å². The van der Waals surface area contributed by atoms with Gasteiger partial charge < -0.3 is 16.8 Å². The molecule has 0 saturated carbocycles. The highest BCUT2D eigenvalue weighted by atomic mass is 16.6. The SMILES string of the molecule is NC=CCNc1nn(CC=CN)c2ccc([N+](=O)[O-])cc12. The van der Waals surface area contributed by atoms with Gasteiger partial charge in [-0.25, -0.2) is 0 Å². The van der Waals surface area contributed by atoms with E-state index in [0.29, 0.717) is 24.3 Å². The highest BCUT2D eigenvalue weighted by Gasteiger charge is 2.14. The van der Waals surface area contributed by atoms with E-state index in [1.54, 1.807) is 22.9 Å². The van der Waals surface area contributed by atoms with Crippen molar-refractivity contribution in [3.8, 4) is 0 Å². The third-order valence-corrected chi connectivity index (χ3v) is 2.88. The second kappa shape index (κ2) is 6.42. The fourth-order valence-electron chi connectivity index (χ4n) is 1.93. The smallest absolute Gasteiger partial charge is 0.270 e. The number of allylic oxidation sites excluding steroid dienone is 1. The largest absolute Gasteiger partial charge is 0.405 e. The summed E-state index contributed by atoms with van der Waals surface area (Å²) in [6, 6.07) is 4.63. The Hall–Kier alpha value is -3.03. The summed E-state index contributed by atoms with van der Waals surface area (Å²) in [4.78, 5) is 10.5. The predicted octanol–water partition coefficient (Wildman–Crippen LogP) is 1.30. The average molecular weight is 288 g/mol. The summed E-state index contributed by atoms with van der Waals surface area (Å²) in [7, 11) is 0. The van der Waals surface area contributed by atoms with Gasteiger partial charge in [0.1, 0.15) is 0 Å². The van der Waals surface area contributed by atoms with E-state index in [0.717, 1.165) is 5.52 Å². The van der Waals surface area contributed by atoms with Crippen LogP contribution in [-0.4, -0.2) is 21.2 Å². The molecule has 0 radical (unpaired) electrons. The van der Waals surface area contributed by atoms with Gasteiger partial charge in [-0.1, -0.05) is 0 Å². The van der Waals surface area contributed by atoms with Gasteiger partial charge in [0.25, 0.3) is 5.69 Å². The van der Waals surface area contributed by atoms with Gasteiger partial charge in [0, 0.05) is 18.7 Å². The second-order valence-corrected chi connectivity index (χ2v) is 4.23. The number of rotatable bonds is 6. The van der Waals surface area contributed by atoms with Crippen LogP contribution in [0.15, 0.2) is 42.8 Å². The van der Waals surface area contributed by atoms with Gasteiger partial charge >= 0.3 is 0 Å². The molecule has 8 heteroatoms. The fraction of sp³-hybridized carbons (Fsp3) is 0.154. The Bertz CT molecular complexity index is 704. The van der Waals surface area contributed by atoms with Crippen molar-refractivity contribution in [3.63, 3.8) is 0 Å². The lowest BCUT2D eigenvalue weighted by Crippen LogP contribution is -2.02. The number of hydrogen-bond donors (Lipinski definition) is 3. The van der Waals surface area contributed by atoms with Crippen molar-refractivity contribution in [2.24, 2.45) is 11.5 Å². The molecule has 0 aliphatic carbocycles. The molecule has 0 amide bonds. The van der Waals surface area contributed by atoms with E-state index in [1.807, 2.05) is 0 Å². The molecule has 0 bridgehead atoms. The summed E-state index contributed by atoms with van der Waals surface area (Å²) in [5, 5.41) is 19.1. The molecule has 5 N–H and O–H groups in total. The number of benzene rings is 1. The standard InChI is InChI=1S/C13H16N6O2/c14-5-1-7-16-13-11-9-10(19(20)21)3-4-12(11)18(17-13)8-2-6-15/h1-6,9H,7-8,14-15H2,(H,16,17). The van der Waals surface area contributed by atoms with Gasteiger partial charge in [0.15, 0.2) is 5.82 Å². The molecule has 21 heavy (non-hydrogen) atoms. The molecule has 0 spiro atoms. The highest BCUT2D eigenvalue weighted by Crippen LogP contribution is 2.27. The molecule has 8 nitrogen and oxygen atoms in total. The zero-order valence-electron chi connectivity index (χ0n) is 11.3. The number of nitrogens with zero attached hydrogens (tertiary/aromatic N) is 3. The first-order chi connectivity index (χ1) is 10.2. The molecule has 2 rings (SSSR count). The minimum atomic E-state index is -0.430. The van der Waals surface area contributed by atoms with Gasteiger partial charge in [0.05, 0.1) is 22.4 Å². The van der Waals surface area contributed by atoms with Crippen molar-refractivity contribution < 1.29 is 4.92 Å². The Morgan fingerprint density at radius 2 is 2.10 bits per heavy atom. The molecule has 0 atom stereocenters. The van der Waals surface area contributed by atoms with E-state index in [2.05, 4.69) is 10.4 Å². The van der Waals surface area contributed by atoms with Crippen LogP contribution in [0.4, 0.5) is 11.5 Å². The predicted molar refractivity (Wildman–Crippen MR) is 81.5 cm³/mol. The third kappa shape index (κ3) is 3.11. The lowest BCUT2D eigenvalue weighted by molar-refractivity contribution is -0.384. The van der Waals surface area contributed by atoms with Crippen LogP contribution in [0.2, 0.25) is 0 Å². The van der Waals surface area contributed by atoms with Crippen LogP contribution in [0.3, 0.4) is 0 Å². The summed E-state index contributed by atoms with van der Waals surface area (Å²) in [5.41, 5.74) is 11.4. The maximum Gasteiger partial charge on any atom is 0.270 e.